The number of aromatic nitrogens is 1. The summed E-state index contributed by atoms with van der Waals surface area (Å²) in [6.07, 6.45) is 4.20. The summed E-state index contributed by atoms with van der Waals surface area (Å²) in [6, 6.07) is 3.57. The van der Waals surface area contributed by atoms with E-state index in [1.807, 2.05) is 13.0 Å². The fourth-order valence-corrected chi connectivity index (χ4v) is 3.88. The van der Waals surface area contributed by atoms with Crippen LogP contribution in [0.3, 0.4) is 0 Å². The molecule has 0 aromatic carbocycles. The summed E-state index contributed by atoms with van der Waals surface area (Å²) in [5.74, 6) is -0.861. The van der Waals surface area contributed by atoms with Gasteiger partial charge in [-0.25, -0.2) is 4.98 Å². The highest BCUT2D eigenvalue weighted by Crippen LogP contribution is 2.64. The minimum Gasteiger partial charge on any atom is -0.481 e. The Kier molecular flexibility index (Phi) is 3.78. The van der Waals surface area contributed by atoms with Crippen molar-refractivity contribution in [1.82, 2.24) is 10.3 Å². The van der Waals surface area contributed by atoms with Gasteiger partial charge in [-0.1, -0.05) is 12.5 Å². The molecule has 6 heteroatoms. The second-order valence-electron chi connectivity index (χ2n) is 6.88. The third-order valence-electron chi connectivity index (χ3n) is 5.43. The molecule has 2 N–H and O–H groups in total. The summed E-state index contributed by atoms with van der Waals surface area (Å²) in [5.41, 5.74) is 0.497. The molecule has 1 aromatic heterocycles. The first kappa shape index (κ1) is 15.8. The molecule has 0 saturated heterocycles. The molecule has 6 nitrogen and oxygen atoms in total. The molecule has 0 atom stereocenters. The average molecular weight is 318 g/mol. The molecule has 124 valence electrons. The normalized spacial score (nSPS) is 20.3. The van der Waals surface area contributed by atoms with Crippen LogP contribution in [0.15, 0.2) is 12.1 Å². The molecule has 1 heterocycles. The van der Waals surface area contributed by atoms with Gasteiger partial charge in [0.25, 0.3) is 0 Å². The predicted octanol–water partition coefficient (Wildman–Crippen LogP) is 2.05. The first-order chi connectivity index (χ1) is 10.9. The van der Waals surface area contributed by atoms with Gasteiger partial charge in [-0.15, -0.1) is 0 Å². The summed E-state index contributed by atoms with van der Waals surface area (Å²) in [6.45, 7) is 2.12. The number of methoxy groups -OCH3 is 1. The summed E-state index contributed by atoms with van der Waals surface area (Å²) >= 11 is 0. The fourth-order valence-electron chi connectivity index (χ4n) is 3.88. The van der Waals surface area contributed by atoms with Crippen LogP contribution in [0.4, 0.5) is 0 Å². The number of carboxylic acid groups (broad SMARTS) is 1. The highest BCUT2D eigenvalue weighted by molar-refractivity contribution is 6.03. The van der Waals surface area contributed by atoms with E-state index in [0.717, 1.165) is 30.5 Å². The number of nitrogens with one attached hydrogen (secondary N) is 1. The molecule has 0 aliphatic heterocycles. The number of carbonyl (C=O) groups is 2. The maximum atomic E-state index is 12.5. The van der Waals surface area contributed by atoms with Crippen molar-refractivity contribution in [3.63, 3.8) is 0 Å². The van der Waals surface area contributed by atoms with Gasteiger partial charge in [0.2, 0.25) is 11.8 Å². The number of pyridine rings is 1. The highest BCUT2D eigenvalue weighted by Gasteiger charge is 2.64. The Hall–Kier alpha value is -2.11. The van der Waals surface area contributed by atoms with E-state index in [2.05, 4.69) is 10.3 Å². The Labute approximate surface area is 135 Å². The Balaban J connectivity index is 1.65. The monoisotopic (exact) mass is 318 g/mol. The van der Waals surface area contributed by atoms with Crippen LogP contribution in [0, 0.1) is 17.8 Å². The predicted molar refractivity (Wildman–Crippen MR) is 83.0 cm³/mol. The third-order valence-corrected chi connectivity index (χ3v) is 5.43. The topological polar surface area (TPSA) is 88.5 Å². The van der Waals surface area contributed by atoms with Gasteiger partial charge in [0, 0.05) is 18.3 Å². The van der Waals surface area contributed by atoms with Gasteiger partial charge in [-0.2, -0.15) is 0 Å². The van der Waals surface area contributed by atoms with Crippen LogP contribution >= 0.6 is 0 Å². The van der Waals surface area contributed by atoms with Crippen LogP contribution in [0.1, 0.15) is 43.4 Å². The molecule has 2 fully saturated rings. The molecule has 0 bridgehead atoms. The number of hydrogen-bond acceptors (Lipinski definition) is 4. The first-order valence-electron chi connectivity index (χ1n) is 7.93. The number of aryl methyl sites for hydroxylation is 1. The highest BCUT2D eigenvalue weighted by atomic mass is 16.5. The SMILES string of the molecule is COc1ccc(CNC(=O)C2(C(=O)O)CC3(CCC3)C2)c(C)n1. The second kappa shape index (κ2) is 5.51. The summed E-state index contributed by atoms with van der Waals surface area (Å²) in [4.78, 5) is 28.4. The van der Waals surface area contributed by atoms with Gasteiger partial charge >= 0.3 is 5.97 Å². The Morgan fingerprint density at radius 3 is 2.52 bits per heavy atom. The van der Waals surface area contributed by atoms with Gasteiger partial charge in [0.1, 0.15) is 5.41 Å². The number of aliphatic carboxylic acids is 1. The molecular weight excluding hydrogens is 296 g/mol. The van der Waals surface area contributed by atoms with Crippen molar-refractivity contribution in [2.45, 2.75) is 45.6 Å². The van der Waals surface area contributed by atoms with E-state index in [4.69, 9.17) is 4.74 Å². The lowest BCUT2D eigenvalue weighted by Crippen LogP contribution is -2.61. The second-order valence-corrected chi connectivity index (χ2v) is 6.88. The number of amides is 1. The maximum Gasteiger partial charge on any atom is 0.319 e. The minimum atomic E-state index is -1.24. The Morgan fingerprint density at radius 2 is 2.04 bits per heavy atom. The van der Waals surface area contributed by atoms with Gasteiger partial charge in [0.05, 0.1) is 7.11 Å². The van der Waals surface area contributed by atoms with Crippen molar-refractivity contribution >= 4 is 11.9 Å². The number of hydrogen-bond donors (Lipinski definition) is 2. The third kappa shape index (κ3) is 2.56. The van der Waals surface area contributed by atoms with E-state index in [0.29, 0.717) is 18.7 Å². The number of carbonyl (C=O) groups excluding carboxylic acids is 1. The number of rotatable bonds is 5. The molecule has 2 aliphatic carbocycles. The van der Waals surface area contributed by atoms with Crippen LogP contribution in [-0.4, -0.2) is 29.1 Å². The molecule has 1 spiro atoms. The van der Waals surface area contributed by atoms with Crippen LogP contribution in [-0.2, 0) is 16.1 Å². The Bertz CT molecular complexity index is 644. The van der Waals surface area contributed by atoms with E-state index in [-0.39, 0.29) is 17.9 Å². The average Bonchev–Trinajstić information content (AvgIpc) is 2.43. The number of ether oxygens (including phenoxy) is 1. The lowest BCUT2D eigenvalue weighted by Gasteiger charge is -2.58. The van der Waals surface area contributed by atoms with E-state index < -0.39 is 11.4 Å². The zero-order chi connectivity index (χ0) is 16.7. The maximum absolute atomic E-state index is 12.5. The summed E-state index contributed by atoms with van der Waals surface area (Å²) in [7, 11) is 1.55. The molecule has 1 amide bonds. The van der Waals surface area contributed by atoms with Crippen LogP contribution in [0.5, 0.6) is 5.88 Å². The van der Waals surface area contributed by atoms with E-state index >= 15 is 0 Å². The van der Waals surface area contributed by atoms with Crippen molar-refractivity contribution in [2.24, 2.45) is 10.8 Å². The number of carboxylic acids is 1. The minimum absolute atomic E-state index is 0.118. The molecular formula is C17H22N2O4. The van der Waals surface area contributed by atoms with Gasteiger partial charge in [-0.05, 0) is 43.6 Å². The standard InChI is InChI=1S/C17H22N2O4/c1-11-12(4-5-13(19-11)23-2)8-18-14(20)17(15(21)22)9-16(10-17)6-3-7-16/h4-5H,3,6-10H2,1-2H3,(H,18,20)(H,21,22). The first-order valence-corrected chi connectivity index (χ1v) is 7.93. The molecule has 3 rings (SSSR count). The van der Waals surface area contributed by atoms with Crippen LogP contribution in [0.25, 0.3) is 0 Å². The zero-order valence-electron chi connectivity index (χ0n) is 13.5. The molecule has 2 saturated carbocycles. The van der Waals surface area contributed by atoms with Gasteiger partial charge in [0.15, 0.2) is 0 Å². The van der Waals surface area contributed by atoms with Crippen molar-refractivity contribution < 1.29 is 19.4 Å². The van der Waals surface area contributed by atoms with E-state index in [1.165, 1.54) is 0 Å². The fraction of sp³-hybridized carbons (Fsp3) is 0.588. The van der Waals surface area contributed by atoms with Gasteiger partial charge in [-0.3, -0.25) is 9.59 Å². The lowest BCUT2D eigenvalue weighted by molar-refractivity contribution is -0.181. The van der Waals surface area contributed by atoms with Crippen molar-refractivity contribution in [1.29, 1.82) is 0 Å². The smallest absolute Gasteiger partial charge is 0.319 e. The van der Waals surface area contributed by atoms with Crippen molar-refractivity contribution in [3.05, 3.63) is 23.4 Å². The Morgan fingerprint density at radius 1 is 1.35 bits per heavy atom. The lowest BCUT2D eigenvalue weighted by atomic mass is 9.45. The quantitative estimate of drug-likeness (QED) is 0.811. The molecule has 1 aromatic rings. The largest absolute Gasteiger partial charge is 0.481 e. The van der Waals surface area contributed by atoms with Crippen LogP contribution in [0.2, 0.25) is 0 Å². The zero-order valence-corrected chi connectivity index (χ0v) is 13.5. The van der Waals surface area contributed by atoms with Crippen molar-refractivity contribution in [2.75, 3.05) is 7.11 Å². The van der Waals surface area contributed by atoms with Crippen molar-refractivity contribution in [3.8, 4) is 5.88 Å². The summed E-state index contributed by atoms with van der Waals surface area (Å²) in [5, 5.41) is 12.3. The molecule has 0 unspecified atom stereocenters. The molecule has 2 aliphatic rings. The van der Waals surface area contributed by atoms with Crippen LogP contribution < -0.4 is 10.1 Å². The van der Waals surface area contributed by atoms with E-state index in [9.17, 15) is 14.7 Å². The molecule has 0 radical (unpaired) electrons. The van der Waals surface area contributed by atoms with E-state index in [1.54, 1.807) is 13.2 Å². The molecule has 23 heavy (non-hydrogen) atoms. The summed E-state index contributed by atoms with van der Waals surface area (Å²) < 4.78 is 5.05. The number of nitrogens with zero attached hydrogens (tertiary/aromatic N) is 1. The van der Waals surface area contributed by atoms with Gasteiger partial charge < -0.3 is 15.2 Å².